The summed E-state index contributed by atoms with van der Waals surface area (Å²) in [5, 5.41) is 15.0. The molecule has 0 heterocycles. The fourth-order valence-electron chi connectivity index (χ4n) is 0. The van der Waals surface area contributed by atoms with E-state index in [1.165, 1.54) is 0 Å². The summed E-state index contributed by atoms with van der Waals surface area (Å²) in [5.41, 5.74) is 0. The molecule has 0 aromatic rings. The van der Waals surface area contributed by atoms with E-state index in [1.54, 1.807) is 0 Å². The smallest absolute Gasteiger partial charge is 0.812 e. The van der Waals surface area contributed by atoms with Crippen LogP contribution in [0.4, 0.5) is 0 Å². The van der Waals surface area contributed by atoms with Crippen LogP contribution in [0.15, 0.2) is 0 Å². The van der Waals surface area contributed by atoms with Gasteiger partial charge >= 0.3 is 40.0 Å². The van der Waals surface area contributed by atoms with Crippen molar-refractivity contribution in [3.8, 4) is 6.26 Å². The molecule has 0 bridgehead atoms. The Balaban J connectivity index is -0.0000000800. The van der Waals surface area contributed by atoms with Gasteiger partial charge in [0, 0.05) is 6.26 Å². The quantitative estimate of drug-likeness (QED) is 0.210. The van der Waals surface area contributed by atoms with Crippen molar-refractivity contribution in [3.63, 3.8) is 0 Å². The third-order valence-corrected chi connectivity index (χ3v) is 0. The third kappa shape index (κ3) is 12100. The Morgan fingerprint density at radius 3 is 1.44 bits per heavy atom. The molecule has 0 aromatic carbocycles. The van der Waals surface area contributed by atoms with E-state index < -0.39 is 10.4 Å². The van der Waals surface area contributed by atoms with Gasteiger partial charge in [0.15, 0.2) is 0 Å². The van der Waals surface area contributed by atoms with E-state index in [9.17, 15) is 0 Å². The SMILES string of the molecule is N#C[O-].O=S(=O)(O)O.[Na+]. The Labute approximate surface area is 74.0 Å². The molecule has 0 aliphatic heterocycles. The van der Waals surface area contributed by atoms with Crippen LogP contribution in [0.2, 0.25) is 0 Å². The van der Waals surface area contributed by atoms with Gasteiger partial charge < -0.3 is 5.11 Å². The monoisotopic (exact) mass is 163 g/mol. The second-order valence-corrected chi connectivity index (χ2v) is 1.43. The van der Waals surface area contributed by atoms with Gasteiger partial charge in [0.1, 0.15) is 0 Å². The maximum atomic E-state index is 8.74. The molecule has 0 saturated heterocycles. The first kappa shape index (κ1) is 16.1. The van der Waals surface area contributed by atoms with Crippen LogP contribution in [0.3, 0.4) is 0 Å². The van der Waals surface area contributed by atoms with Crippen molar-refractivity contribution in [1.29, 1.82) is 5.26 Å². The Morgan fingerprint density at radius 2 is 1.44 bits per heavy atom. The molecule has 0 atom stereocenters. The van der Waals surface area contributed by atoms with Gasteiger partial charge in [0.2, 0.25) is 0 Å². The fraction of sp³-hybridized carbons (Fsp3) is 0. The van der Waals surface area contributed by atoms with Crippen molar-refractivity contribution in [2.24, 2.45) is 0 Å². The molecule has 6 nitrogen and oxygen atoms in total. The standard InChI is InChI=1S/CHNO.Na.H2O4S/c2-1-3;;1-5(2,3)4/h3H;;(H2,1,2,3,4)/q;+1;/p-1. The van der Waals surface area contributed by atoms with E-state index >= 15 is 0 Å². The molecule has 9 heavy (non-hydrogen) atoms. The van der Waals surface area contributed by atoms with Gasteiger partial charge in [-0.3, -0.25) is 9.11 Å². The molecule has 0 spiro atoms. The van der Waals surface area contributed by atoms with Gasteiger partial charge in [-0.15, -0.1) is 0 Å². The van der Waals surface area contributed by atoms with E-state index in [-0.39, 0.29) is 29.6 Å². The zero-order chi connectivity index (χ0) is 7.21. The Kier molecular flexibility index (Phi) is 14.6. The van der Waals surface area contributed by atoms with E-state index in [0.717, 1.165) is 0 Å². The first-order chi connectivity index (χ1) is 3.41. The topological polar surface area (TPSA) is 121 Å². The number of nitrogens with zero attached hydrogens (tertiary/aromatic N) is 1. The largest absolute Gasteiger partial charge is 1.00 e. The minimum Gasteiger partial charge on any atom is -0.812 e. The zero-order valence-corrected chi connectivity index (χ0v) is 7.29. The number of nitriles is 1. The molecule has 0 aromatic heterocycles. The van der Waals surface area contributed by atoms with E-state index in [2.05, 4.69) is 0 Å². The van der Waals surface area contributed by atoms with Crippen molar-refractivity contribution < 1.29 is 52.2 Å². The minimum atomic E-state index is -4.67. The summed E-state index contributed by atoms with van der Waals surface area (Å²) in [6.45, 7) is 0. The predicted octanol–water partition coefficient (Wildman–Crippen LogP) is -4.82. The van der Waals surface area contributed by atoms with Crippen molar-refractivity contribution in [2.45, 2.75) is 0 Å². The average molecular weight is 163 g/mol. The van der Waals surface area contributed by atoms with Gasteiger partial charge in [0.25, 0.3) is 0 Å². The first-order valence-electron chi connectivity index (χ1n) is 1.13. The van der Waals surface area contributed by atoms with E-state index in [1.807, 2.05) is 0 Å². The van der Waals surface area contributed by atoms with Gasteiger partial charge in [0.05, 0.1) is 0 Å². The third-order valence-electron chi connectivity index (χ3n) is 0. The number of rotatable bonds is 0. The van der Waals surface area contributed by atoms with Crippen molar-refractivity contribution in [2.75, 3.05) is 0 Å². The second-order valence-electron chi connectivity index (χ2n) is 0.539. The zero-order valence-electron chi connectivity index (χ0n) is 4.47. The maximum Gasteiger partial charge on any atom is 1.00 e. The van der Waals surface area contributed by atoms with Crippen LogP contribution in [0, 0.1) is 11.5 Å². The van der Waals surface area contributed by atoms with Gasteiger partial charge in [-0.05, 0) is 0 Å². The summed E-state index contributed by atoms with van der Waals surface area (Å²) in [5.74, 6) is 0. The van der Waals surface area contributed by atoms with E-state index in [4.69, 9.17) is 27.9 Å². The summed E-state index contributed by atoms with van der Waals surface area (Å²) in [4.78, 5) is 0. The maximum absolute atomic E-state index is 8.74. The molecule has 2 N–H and O–H groups in total. The van der Waals surface area contributed by atoms with Crippen molar-refractivity contribution in [1.82, 2.24) is 0 Å². The summed E-state index contributed by atoms with van der Waals surface area (Å²) >= 11 is 0. The first-order valence-corrected chi connectivity index (χ1v) is 2.52. The normalized spacial score (nSPS) is 7.22. The molecule has 0 amide bonds. The molecule has 0 aliphatic carbocycles. The van der Waals surface area contributed by atoms with Gasteiger partial charge in [-0.25, -0.2) is 5.26 Å². The van der Waals surface area contributed by atoms with Crippen LogP contribution in [0.5, 0.6) is 0 Å². The van der Waals surface area contributed by atoms with Crippen molar-refractivity contribution >= 4 is 10.4 Å². The van der Waals surface area contributed by atoms with Gasteiger partial charge in [-0.1, -0.05) is 0 Å². The molecule has 0 fully saturated rings. The van der Waals surface area contributed by atoms with Crippen LogP contribution < -0.4 is 34.7 Å². The average Bonchev–Trinajstić information content (AvgIpc) is 1.27. The Bertz CT molecular complexity index is 158. The van der Waals surface area contributed by atoms with Gasteiger partial charge in [-0.2, -0.15) is 8.42 Å². The second kappa shape index (κ2) is 8.16. The molecule has 0 saturated carbocycles. The molecule has 0 unspecified atom stereocenters. The Morgan fingerprint density at radius 1 is 1.44 bits per heavy atom. The molecular formula is CH2NNaO5S. The summed E-state index contributed by atoms with van der Waals surface area (Å²) in [7, 11) is -4.67. The van der Waals surface area contributed by atoms with E-state index in [0.29, 0.717) is 6.26 Å². The van der Waals surface area contributed by atoms with Crippen LogP contribution in [0.1, 0.15) is 0 Å². The molecule has 0 radical (unpaired) electrons. The molecule has 0 aliphatic rings. The molecular weight excluding hydrogens is 161 g/mol. The molecule has 48 valence electrons. The number of hydrogen-bond acceptors (Lipinski definition) is 4. The van der Waals surface area contributed by atoms with Crippen LogP contribution in [0.25, 0.3) is 0 Å². The summed E-state index contributed by atoms with van der Waals surface area (Å²) in [6, 6.07) is 0. The summed E-state index contributed by atoms with van der Waals surface area (Å²) in [6.07, 6.45) is 0.500. The Hall–Kier alpha value is 0.160. The number of hydrogen-bond donors (Lipinski definition) is 2. The van der Waals surface area contributed by atoms with Crippen molar-refractivity contribution in [3.05, 3.63) is 0 Å². The van der Waals surface area contributed by atoms with Crippen LogP contribution in [-0.4, -0.2) is 17.5 Å². The minimum absolute atomic E-state index is 0. The predicted molar refractivity (Wildman–Crippen MR) is 19.8 cm³/mol. The molecule has 0 rings (SSSR count). The molecule has 8 heteroatoms. The van der Waals surface area contributed by atoms with Crippen LogP contribution >= 0.6 is 0 Å². The van der Waals surface area contributed by atoms with Crippen LogP contribution in [-0.2, 0) is 10.4 Å². The summed E-state index contributed by atoms with van der Waals surface area (Å²) < 4.78 is 31.6. The fourth-order valence-corrected chi connectivity index (χ4v) is 0.